The molecule has 1 aromatic rings. The summed E-state index contributed by atoms with van der Waals surface area (Å²) < 4.78 is 39.8. The molecule has 0 aliphatic rings. The molecule has 17 heavy (non-hydrogen) atoms. The van der Waals surface area contributed by atoms with E-state index in [9.17, 15) is 18.3 Å². The van der Waals surface area contributed by atoms with E-state index >= 15 is 0 Å². The fourth-order valence-corrected chi connectivity index (χ4v) is 1.58. The largest absolute Gasteiger partial charge is 0.573 e. The molecule has 2 nitrogen and oxygen atoms in total. The van der Waals surface area contributed by atoms with Crippen molar-refractivity contribution in [2.45, 2.75) is 38.7 Å². The normalized spacial score (nSPS) is 13.5. The summed E-state index contributed by atoms with van der Waals surface area (Å²) in [5.41, 5.74) is 0.632. The highest BCUT2D eigenvalue weighted by Gasteiger charge is 2.31. The van der Waals surface area contributed by atoms with E-state index in [0.29, 0.717) is 18.4 Å². The number of aliphatic hydroxyl groups excluding tert-OH is 1. The van der Waals surface area contributed by atoms with Gasteiger partial charge in [0.2, 0.25) is 0 Å². The molecular weight excluding hydrogens is 233 g/mol. The Morgan fingerprint density at radius 1 is 1.35 bits per heavy atom. The van der Waals surface area contributed by atoms with Gasteiger partial charge < -0.3 is 9.84 Å². The Kier molecular flexibility index (Phi) is 4.81. The lowest BCUT2D eigenvalue weighted by Crippen LogP contribution is -2.17. The van der Waals surface area contributed by atoms with Crippen LogP contribution in [0.4, 0.5) is 13.2 Å². The molecule has 0 bridgehead atoms. The van der Waals surface area contributed by atoms with Gasteiger partial charge in [-0.05, 0) is 30.5 Å². The summed E-state index contributed by atoms with van der Waals surface area (Å²) in [7, 11) is 0. The first-order chi connectivity index (χ1) is 7.90. The summed E-state index contributed by atoms with van der Waals surface area (Å²) in [4.78, 5) is 0. The molecule has 0 aromatic heterocycles. The number of alkyl halides is 3. The lowest BCUT2D eigenvalue weighted by atomic mass is 10.0. The fourth-order valence-electron chi connectivity index (χ4n) is 1.58. The molecule has 0 aliphatic carbocycles. The van der Waals surface area contributed by atoms with Gasteiger partial charge in [-0.3, -0.25) is 0 Å². The van der Waals surface area contributed by atoms with Crippen LogP contribution in [-0.2, 0) is 6.42 Å². The molecule has 0 radical (unpaired) electrons. The van der Waals surface area contributed by atoms with Crippen molar-refractivity contribution >= 4 is 0 Å². The minimum Gasteiger partial charge on any atom is -0.406 e. The van der Waals surface area contributed by atoms with Crippen molar-refractivity contribution < 1.29 is 23.0 Å². The average Bonchev–Trinajstić information content (AvgIpc) is 2.15. The average molecular weight is 248 g/mol. The number of hydrogen-bond acceptors (Lipinski definition) is 2. The third-order valence-electron chi connectivity index (χ3n) is 2.23. The van der Waals surface area contributed by atoms with Crippen LogP contribution < -0.4 is 4.74 Å². The second-order valence-electron chi connectivity index (χ2n) is 3.84. The molecule has 96 valence electrons. The highest BCUT2D eigenvalue weighted by Crippen LogP contribution is 2.23. The Hall–Kier alpha value is -1.23. The molecule has 0 heterocycles. The van der Waals surface area contributed by atoms with Gasteiger partial charge in [-0.2, -0.15) is 0 Å². The maximum absolute atomic E-state index is 12.0. The quantitative estimate of drug-likeness (QED) is 0.866. The molecule has 0 fully saturated rings. The first kappa shape index (κ1) is 13.8. The van der Waals surface area contributed by atoms with Gasteiger partial charge in [0.25, 0.3) is 0 Å². The smallest absolute Gasteiger partial charge is 0.406 e. The van der Waals surface area contributed by atoms with Crippen molar-refractivity contribution in [2.75, 3.05) is 0 Å². The second kappa shape index (κ2) is 5.91. The van der Waals surface area contributed by atoms with Gasteiger partial charge in [0, 0.05) is 0 Å². The zero-order valence-corrected chi connectivity index (χ0v) is 9.50. The van der Waals surface area contributed by atoms with E-state index in [1.165, 1.54) is 18.2 Å². The zero-order valence-electron chi connectivity index (χ0n) is 9.50. The van der Waals surface area contributed by atoms with Crippen LogP contribution in [0.2, 0.25) is 0 Å². The van der Waals surface area contributed by atoms with Gasteiger partial charge in [0.05, 0.1) is 6.10 Å². The van der Waals surface area contributed by atoms with Crippen molar-refractivity contribution in [3.8, 4) is 5.75 Å². The molecule has 0 unspecified atom stereocenters. The highest BCUT2D eigenvalue weighted by atomic mass is 19.4. The van der Waals surface area contributed by atoms with Crippen LogP contribution in [-0.4, -0.2) is 17.6 Å². The Morgan fingerprint density at radius 2 is 2.06 bits per heavy atom. The molecule has 0 saturated heterocycles. The van der Waals surface area contributed by atoms with E-state index in [0.717, 1.165) is 6.42 Å². The molecule has 0 saturated carbocycles. The Morgan fingerprint density at radius 3 is 2.65 bits per heavy atom. The molecule has 0 amide bonds. The second-order valence-corrected chi connectivity index (χ2v) is 3.84. The Bertz CT molecular complexity index is 350. The van der Waals surface area contributed by atoms with Crippen LogP contribution in [0.5, 0.6) is 5.75 Å². The van der Waals surface area contributed by atoms with Crippen LogP contribution in [0.15, 0.2) is 24.3 Å². The lowest BCUT2D eigenvalue weighted by molar-refractivity contribution is -0.274. The third-order valence-corrected chi connectivity index (χ3v) is 2.23. The van der Waals surface area contributed by atoms with Crippen LogP contribution in [0.25, 0.3) is 0 Å². The molecule has 1 aromatic carbocycles. The minimum absolute atomic E-state index is 0.251. The topological polar surface area (TPSA) is 29.5 Å². The Labute approximate surface area is 98.0 Å². The lowest BCUT2D eigenvalue weighted by Gasteiger charge is -2.12. The highest BCUT2D eigenvalue weighted by molar-refractivity contribution is 5.29. The summed E-state index contributed by atoms with van der Waals surface area (Å²) in [6.45, 7) is 1.94. The molecule has 1 atom stereocenters. The number of rotatable bonds is 5. The van der Waals surface area contributed by atoms with E-state index in [-0.39, 0.29) is 5.75 Å². The summed E-state index contributed by atoms with van der Waals surface area (Å²) in [6.07, 6.45) is -3.41. The maximum Gasteiger partial charge on any atom is 0.573 e. The van der Waals surface area contributed by atoms with Crippen LogP contribution >= 0.6 is 0 Å². The van der Waals surface area contributed by atoms with Gasteiger partial charge in [-0.25, -0.2) is 0 Å². The number of hydrogen-bond donors (Lipinski definition) is 1. The van der Waals surface area contributed by atoms with E-state index < -0.39 is 12.5 Å². The van der Waals surface area contributed by atoms with Gasteiger partial charge in [0.15, 0.2) is 0 Å². The van der Waals surface area contributed by atoms with Gasteiger partial charge in [-0.1, -0.05) is 25.5 Å². The monoisotopic (exact) mass is 248 g/mol. The number of ether oxygens (including phenoxy) is 1. The van der Waals surface area contributed by atoms with Crippen LogP contribution in [0.3, 0.4) is 0 Å². The third kappa shape index (κ3) is 5.58. The SMILES string of the molecule is CCC[C@H](O)Cc1cccc(OC(F)(F)F)c1. The summed E-state index contributed by atoms with van der Waals surface area (Å²) >= 11 is 0. The molecule has 1 rings (SSSR count). The molecular formula is C12H15F3O2. The van der Waals surface area contributed by atoms with Crippen molar-refractivity contribution in [1.82, 2.24) is 0 Å². The molecule has 0 spiro atoms. The molecule has 1 N–H and O–H groups in total. The summed E-state index contributed by atoms with van der Waals surface area (Å²) in [6, 6.07) is 5.69. The number of benzene rings is 1. The molecule has 0 aliphatic heterocycles. The van der Waals surface area contributed by atoms with E-state index in [1.807, 2.05) is 6.92 Å². The van der Waals surface area contributed by atoms with Gasteiger partial charge >= 0.3 is 6.36 Å². The van der Waals surface area contributed by atoms with Crippen LogP contribution in [0, 0.1) is 0 Å². The van der Waals surface area contributed by atoms with Gasteiger partial charge in [-0.15, -0.1) is 13.2 Å². The van der Waals surface area contributed by atoms with Gasteiger partial charge in [0.1, 0.15) is 5.75 Å². The molecule has 5 heteroatoms. The number of halogens is 3. The standard InChI is InChI=1S/C12H15F3O2/c1-2-4-10(16)7-9-5-3-6-11(8-9)17-12(13,14)15/h3,5-6,8,10,16H,2,4,7H2,1H3/t10-/m0/s1. The first-order valence-corrected chi connectivity index (χ1v) is 5.43. The number of aliphatic hydroxyl groups is 1. The Balaban J connectivity index is 2.66. The van der Waals surface area contributed by atoms with Crippen molar-refractivity contribution in [1.29, 1.82) is 0 Å². The fraction of sp³-hybridized carbons (Fsp3) is 0.500. The first-order valence-electron chi connectivity index (χ1n) is 5.43. The predicted octanol–water partition coefficient (Wildman–Crippen LogP) is 3.29. The summed E-state index contributed by atoms with van der Waals surface area (Å²) in [5.74, 6) is -0.251. The van der Waals surface area contributed by atoms with E-state index in [1.54, 1.807) is 6.07 Å². The van der Waals surface area contributed by atoms with Crippen molar-refractivity contribution in [3.63, 3.8) is 0 Å². The maximum atomic E-state index is 12.0. The van der Waals surface area contributed by atoms with E-state index in [2.05, 4.69) is 4.74 Å². The van der Waals surface area contributed by atoms with E-state index in [4.69, 9.17) is 0 Å². The van der Waals surface area contributed by atoms with Crippen molar-refractivity contribution in [3.05, 3.63) is 29.8 Å². The summed E-state index contributed by atoms with van der Waals surface area (Å²) in [5, 5.41) is 9.56. The predicted molar refractivity (Wildman–Crippen MR) is 57.7 cm³/mol. The van der Waals surface area contributed by atoms with Crippen molar-refractivity contribution in [2.24, 2.45) is 0 Å². The zero-order chi connectivity index (χ0) is 12.9. The van der Waals surface area contributed by atoms with Crippen LogP contribution in [0.1, 0.15) is 25.3 Å². The minimum atomic E-state index is -4.68.